The highest BCUT2D eigenvalue weighted by Crippen LogP contribution is 2.31. The van der Waals surface area contributed by atoms with Crippen LogP contribution in [0.15, 0.2) is 64.1 Å². The fraction of sp³-hybridized carbons (Fsp3) is 0.192. The van der Waals surface area contributed by atoms with E-state index in [1.165, 1.54) is 7.11 Å². The summed E-state index contributed by atoms with van der Waals surface area (Å²) < 4.78 is 16.9. The number of rotatable bonds is 6. The second-order valence-corrected chi connectivity index (χ2v) is 7.71. The van der Waals surface area contributed by atoms with Crippen LogP contribution in [-0.2, 0) is 6.61 Å². The van der Waals surface area contributed by atoms with Crippen LogP contribution in [0.2, 0.25) is 0 Å². The van der Waals surface area contributed by atoms with Crippen LogP contribution >= 0.6 is 0 Å². The van der Waals surface area contributed by atoms with Crippen LogP contribution in [-0.4, -0.2) is 30.2 Å². The molecule has 0 saturated carbocycles. The number of carbonyl (C=O) groups excluding carboxylic acids is 1. The molecule has 2 aromatic carbocycles. The first-order valence-electron chi connectivity index (χ1n) is 10.6. The Kier molecular flexibility index (Phi) is 6.60. The molecule has 0 aliphatic heterocycles. The predicted molar refractivity (Wildman–Crippen MR) is 129 cm³/mol. The zero-order valence-corrected chi connectivity index (χ0v) is 19.4. The molecule has 2 N–H and O–H groups in total. The van der Waals surface area contributed by atoms with Crippen molar-refractivity contribution in [2.75, 3.05) is 19.5 Å². The summed E-state index contributed by atoms with van der Waals surface area (Å²) in [6, 6.07) is 14.3. The third kappa shape index (κ3) is 4.62. The monoisotopic (exact) mass is 459 g/mol. The summed E-state index contributed by atoms with van der Waals surface area (Å²) in [7, 11) is 3.09. The molecule has 0 saturated heterocycles. The van der Waals surface area contributed by atoms with E-state index in [4.69, 9.17) is 13.9 Å². The molecule has 2 heterocycles. The van der Waals surface area contributed by atoms with Gasteiger partial charge in [0.1, 0.15) is 22.7 Å². The van der Waals surface area contributed by atoms with Crippen molar-refractivity contribution in [3.8, 4) is 11.5 Å². The molecular weight excluding hydrogens is 434 g/mol. The van der Waals surface area contributed by atoms with Crippen LogP contribution in [0.1, 0.15) is 27.2 Å². The fourth-order valence-corrected chi connectivity index (χ4v) is 3.57. The molecule has 0 bridgehead atoms. The van der Waals surface area contributed by atoms with Gasteiger partial charge in [0.2, 0.25) is 5.55 Å². The SMILES string of the molecule is COc1ccc(OC)c(N=c2oc3c(C)ncc(CO)c3cc2C(=O)Nc2cccc(C)c2)c1. The number of fused-ring (bicyclic) bond motifs is 1. The van der Waals surface area contributed by atoms with Crippen LogP contribution in [0.4, 0.5) is 11.4 Å². The van der Waals surface area contributed by atoms with E-state index in [0.29, 0.717) is 45.1 Å². The van der Waals surface area contributed by atoms with Gasteiger partial charge in [-0.15, -0.1) is 0 Å². The molecule has 0 atom stereocenters. The van der Waals surface area contributed by atoms with Crippen molar-refractivity contribution in [2.45, 2.75) is 20.5 Å². The van der Waals surface area contributed by atoms with E-state index in [0.717, 1.165) is 5.56 Å². The third-order valence-corrected chi connectivity index (χ3v) is 5.35. The number of methoxy groups -OCH3 is 2. The molecule has 174 valence electrons. The lowest BCUT2D eigenvalue weighted by atomic mass is 10.1. The van der Waals surface area contributed by atoms with E-state index in [-0.39, 0.29) is 17.7 Å². The summed E-state index contributed by atoms with van der Waals surface area (Å²) in [6.07, 6.45) is 1.57. The van der Waals surface area contributed by atoms with E-state index in [1.54, 1.807) is 50.6 Å². The molecule has 8 heteroatoms. The van der Waals surface area contributed by atoms with Gasteiger partial charge in [-0.3, -0.25) is 9.78 Å². The second-order valence-electron chi connectivity index (χ2n) is 7.71. The number of anilines is 1. The summed E-state index contributed by atoms with van der Waals surface area (Å²) in [5.41, 5.74) is 3.92. The van der Waals surface area contributed by atoms with Gasteiger partial charge in [0.05, 0.1) is 26.5 Å². The van der Waals surface area contributed by atoms with Gasteiger partial charge in [0.15, 0.2) is 5.58 Å². The molecule has 0 spiro atoms. The Hall–Kier alpha value is -4.17. The Morgan fingerprint density at radius 3 is 2.65 bits per heavy atom. The van der Waals surface area contributed by atoms with Gasteiger partial charge in [-0.05, 0) is 49.7 Å². The first-order chi connectivity index (χ1) is 16.4. The summed E-state index contributed by atoms with van der Waals surface area (Å²) in [4.78, 5) is 22.3. The Morgan fingerprint density at radius 1 is 1.12 bits per heavy atom. The van der Waals surface area contributed by atoms with Gasteiger partial charge in [-0.2, -0.15) is 0 Å². The molecule has 34 heavy (non-hydrogen) atoms. The summed E-state index contributed by atoms with van der Waals surface area (Å²) in [5, 5.41) is 13.3. The van der Waals surface area contributed by atoms with E-state index < -0.39 is 5.91 Å². The highest BCUT2D eigenvalue weighted by molar-refractivity contribution is 6.05. The Morgan fingerprint density at radius 2 is 1.94 bits per heavy atom. The van der Waals surface area contributed by atoms with Gasteiger partial charge < -0.3 is 24.3 Å². The van der Waals surface area contributed by atoms with Gasteiger partial charge >= 0.3 is 0 Å². The number of aromatic nitrogens is 1. The normalized spacial score (nSPS) is 11.5. The van der Waals surface area contributed by atoms with Crippen molar-refractivity contribution in [3.63, 3.8) is 0 Å². The largest absolute Gasteiger partial charge is 0.497 e. The first-order valence-corrected chi connectivity index (χ1v) is 10.6. The highest BCUT2D eigenvalue weighted by Gasteiger charge is 2.17. The van der Waals surface area contributed by atoms with Gasteiger partial charge in [0, 0.05) is 28.9 Å². The number of aryl methyl sites for hydroxylation is 2. The van der Waals surface area contributed by atoms with Crippen molar-refractivity contribution in [1.29, 1.82) is 0 Å². The number of benzene rings is 2. The molecule has 0 unspecified atom stereocenters. The van der Waals surface area contributed by atoms with Crippen LogP contribution < -0.4 is 20.3 Å². The molecule has 0 fully saturated rings. The average Bonchev–Trinajstić information content (AvgIpc) is 2.84. The molecule has 0 radical (unpaired) electrons. The van der Waals surface area contributed by atoms with Crippen molar-refractivity contribution in [3.05, 3.63) is 82.7 Å². The maximum Gasteiger partial charge on any atom is 0.261 e. The molecule has 2 aromatic heterocycles. The number of hydrogen-bond acceptors (Lipinski definition) is 7. The standard InChI is InChI=1S/C26H25N3O5/c1-15-6-5-7-18(10-15)28-25(31)21-12-20-17(14-30)13-27-16(2)24(20)34-26(21)29-22-11-19(32-3)8-9-23(22)33-4/h5-13,30H,14H2,1-4H3,(H,28,31). The number of aliphatic hydroxyl groups excluding tert-OH is 1. The molecule has 0 aliphatic rings. The minimum absolute atomic E-state index is 0.0733. The van der Waals surface area contributed by atoms with Gasteiger partial charge in [0.25, 0.3) is 5.91 Å². The number of hydrogen-bond donors (Lipinski definition) is 2. The van der Waals surface area contributed by atoms with E-state index >= 15 is 0 Å². The lowest BCUT2D eigenvalue weighted by molar-refractivity contribution is 0.102. The van der Waals surface area contributed by atoms with E-state index in [2.05, 4.69) is 15.3 Å². The quantitative estimate of drug-likeness (QED) is 0.442. The maximum absolute atomic E-state index is 13.4. The minimum Gasteiger partial charge on any atom is -0.497 e. The lowest BCUT2D eigenvalue weighted by Gasteiger charge is -2.11. The van der Waals surface area contributed by atoms with Crippen molar-refractivity contribution < 1.29 is 23.8 Å². The zero-order chi connectivity index (χ0) is 24.2. The van der Waals surface area contributed by atoms with Gasteiger partial charge in [-0.1, -0.05) is 12.1 Å². The fourth-order valence-electron chi connectivity index (χ4n) is 3.57. The smallest absolute Gasteiger partial charge is 0.261 e. The second kappa shape index (κ2) is 9.76. The number of nitrogens with one attached hydrogen (secondary N) is 1. The maximum atomic E-state index is 13.4. The number of nitrogens with zero attached hydrogens (tertiary/aromatic N) is 2. The number of ether oxygens (including phenoxy) is 2. The summed E-state index contributed by atoms with van der Waals surface area (Å²) in [5.74, 6) is 0.654. The lowest BCUT2D eigenvalue weighted by Crippen LogP contribution is -2.22. The molecular formula is C26H25N3O5. The van der Waals surface area contributed by atoms with Crippen LogP contribution in [0, 0.1) is 13.8 Å². The number of amides is 1. The van der Waals surface area contributed by atoms with Crippen LogP contribution in [0.5, 0.6) is 11.5 Å². The topological polar surface area (TPSA) is 106 Å². The minimum atomic E-state index is -0.407. The van der Waals surface area contributed by atoms with Crippen molar-refractivity contribution in [2.24, 2.45) is 4.99 Å². The van der Waals surface area contributed by atoms with E-state index in [1.807, 2.05) is 25.1 Å². The Balaban J connectivity index is 1.97. The third-order valence-electron chi connectivity index (χ3n) is 5.35. The van der Waals surface area contributed by atoms with Crippen molar-refractivity contribution >= 4 is 28.3 Å². The predicted octanol–water partition coefficient (Wildman–Crippen LogP) is 4.44. The molecule has 0 aliphatic carbocycles. The molecule has 1 amide bonds. The first kappa shape index (κ1) is 23.0. The van der Waals surface area contributed by atoms with E-state index in [9.17, 15) is 9.90 Å². The van der Waals surface area contributed by atoms with Gasteiger partial charge in [-0.25, -0.2) is 4.99 Å². The summed E-state index contributed by atoms with van der Waals surface area (Å²) in [6.45, 7) is 3.48. The molecule has 8 nitrogen and oxygen atoms in total. The van der Waals surface area contributed by atoms with Crippen LogP contribution in [0.3, 0.4) is 0 Å². The highest BCUT2D eigenvalue weighted by atomic mass is 16.5. The number of carbonyl (C=O) groups is 1. The van der Waals surface area contributed by atoms with Crippen LogP contribution in [0.25, 0.3) is 11.0 Å². The number of aliphatic hydroxyl groups is 1. The molecule has 4 aromatic rings. The van der Waals surface area contributed by atoms with Crippen molar-refractivity contribution in [1.82, 2.24) is 4.98 Å². The average molecular weight is 460 g/mol. The Labute approximate surface area is 196 Å². The number of pyridine rings is 1. The zero-order valence-electron chi connectivity index (χ0n) is 19.4. The Bertz CT molecular complexity index is 1440. The molecule has 4 rings (SSSR count). The summed E-state index contributed by atoms with van der Waals surface area (Å²) >= 11 is 0.